The summed E-state index contributed by atoms with van der Waals surface area (Å²) in [6.45, 7) is 2.01. The molecule has 0 atom stereocenters. The van der Waals surface area contributed by atoms with Crippen molar-refractivity contribution in [2.75, 3.05) is 0 Å². The summed E-state index contributed by atoms with van der Waals surface area (Å²) in [4.78, 5) is 4.25. The molecule has 0 radical (unpaired) electrons. The van der Waals surface area contributed by atoms with E-state index in [9.17, 15) is 0 Å². The lowest BCUT2D eigenvalue weighted by molar-refractivity contribution is 1.25. The zero-order valence-corrected chi connectivity index (χ0v) is 10.4. The summed E-state index contributed by atoms with van der Waals surface area (Å²) in [6, 6.07) is 5.75. The van der Waals surface area contributed by atoms with Gasteiger partial charge in [-0.2, -0.15) is 4.37 Å². The Morgan fingerprint density at radius 2 is 2.21 bits per heavy atom. The minimum absolute atomic E-state index is 0.631. The number of aryl methyl sites for hydroxylation is 1. The lowest BCUT2D eigenvalue weighted by Gasteiger charge is -2.00. The average Bonchev–Trinajstić information content (AvgIpc) is 2.51. The molecule has 0 saturated heterocycles. The molecule has 14 heavy (non-hydrogen) atoms. The maximum absolute atomic E-state index is 5.87. The third-order valence-electron chi connectivity index (χ3n) is 1.82. The fourth-order valence-electron chi connectivity index (χ4n) is 1.18. The number of benzene rings is 1. The van der Waals surface area contributed by atoms with Crippen LogP contribution in [-0.2, 0) is 0 Å². The van der Waals surface area contributed by atoms with Crippen LogP contribution in [-0.4, -0.2) is 9.36 Å². The second kappa shape index (κ2) is 3.96. The molecule has 2 aromatic rings. The molecule has 72 valence electrons. The maximum Gasteiger partial charge on any atom is 0.209 e. The second-order valence-electron chi connectivity index (χ2n) is 2.83. The number of nitrogens with zero attached hydrogens (tertiary/aromatic N) is 2. The van der Waals surface area contributed by atoms with E-state index in [1.807, 2.05) is 25.1 Å². The summed E-state index contributed by atoms with van der Waals surface area (Å²) in [7, 11) is 0. The highest BCUT2D eigenvalue weighted by molar-refractivity contribution is 9.10. The molecule has 0 saturated carbocycles. The van der Waals surface area contributed by atoms with Crippen molar-refractivity contribution in [3.05, 3.63) is 33.5 Å². The molecule has 0 fully saturated rings. The first-order chi connectivity index (χ1) is 6.66. The molecule has 2 nitrogen and oxygen atoms in total. The number of rotatable bonds is 1. The van der Waals surface area contributed by atoms with Gasteiger partial charge in [-0.05, 0) is 52.1 Å². The molecule has 0 aliphatic heterocycles. The van der Waals surface area contributed by atoms with Gasteiger partial charge in [0.2, 0.25) is 4.73 Å². The molecule has 0 bridgehead atoms. The molecule has 0 aliphatic carbocycles. The Bertz CT molecular complexity index is 470. The minimum Gasteiger partial charge on any atom is -0.209 e. The largest absolute Gasteiger partial charge is 0.209 e. The summed E-state index contributed by atoms with van der Waals surface area (Å²) >= 11 is 10.5. The van der Waals surface area contributed by atoms with Crippen LogP contribution in [0.5, 0.6) is 0 Å². The highest BCUT2D eigenvalue weighted by Gasteiger charge is 2.07. The van der Waals surface area contributed by atoms with Gasteiger partial charge in [-0.3, -0.25) is 0 Å². The first-order valence-corrected chi connectivity index (χ1v) is 5.87. The molecule has 0 N–H and O–H groups in total. The van der Waals surface area contributed by atoms with Crippen molar-refractivity contribution in [1.82, 2.24) is 9.36 Å². The van der Waals surface area contributed by atoms with E-state index in [-0.39, 0.29) is 0 Å². The summed E-state index contributed by atoms with van der Waals surface area (Å²) in [6.07, 6.45) is 0. The predicted molar refractivity (Wildman–Crippen MR) is 62.8 cm³/mol. The van der Waals surface area contributed by atoms with Crippen LogP contribution in [0.15, 0.2) is 22.9 Å². The molecular weight excluding hydrogens is 284 g/mol. The van der Waals surface area contributed by atoms with Crippen LogP contribution in [0, 0.1) is 6.92 Å². The Balaban J connectivity index is 2.52. The van der Waals surface area contributed by atoms with Crippen molar-refractivity contribution in [1.29, 1.82) is 0 Å². The molecular formula is C9H6BrClN2S. The molecule has 0 amide bonds. The summed E-state index contributed by atoms with van der Waals surface area (Å²) < 4.78 is 4.70. The molecule has 1 aromatic heterocycles. The molecule has 1 aromatic carbocycles. The number of hydrogen-bond acceptors (Lipinski definition) is 3. The normalized spacial score (nSPS) is 10.5. The Morgan fingerprint density at radius 1 is 1.43 bits per heavy atom. The van der Waals surface area contributed by atoms with Gasteiger partial charge in [-0.1, -0.05) is 17.7 Å². The lowest BCUT2D eigenvalue weighted by atomic mass is 10.1. The van der Waals surface area contributed by atoms with E-state index in [1.54, 1.807) is 0 Å². The van der Waals surface area contributed by atoms with Crippen molar-refractivity contribution < 1.29 is 0 Å². The Kier molecular flexibility index (Phi) is 2.85. The van der Waals surface area contributed by atoms with Gasteiger partial charge in [0, 0.05) is 10.6 Å². The van der Waals surface area contributed by atoms with Crippen molar-refractivity contribution in [3.63, 3.8) is 0 Å². The van der Waals surface area contributed by atoms with Gasteiger partial charge in [-0.15, -0.1) is 0 Å². The monoisotopic (exact) mass is 288 g/mol. The van der Waals surface area contributed by atoms with E-state index in [2.05, 4.69) is 25.3 Å². The molecule has 2 rings (SSSR count). The highest BCUT2D eigenvalue weighted by Crippen LogP contribution is 2.28. The second-order valence-corrected chi connectivity index (χ2v) is 4.73. The van der Waals surface area contributed by atoms with E-state index >= 15 is 0 Å². The van der Waals surface area contributed by atoms with Crippen LogP contribution in [0.2, 0.25) is 5.02 Å². The number of hydrogen-bond donors (Lipinski definition) is 0. The fourth-order valence-corrected chi connectivity index (χ4v) is 2.58. The zero-order chi connectivity index (χ0) is 10.1. The topological polar surface area (TPSA) is 25.8 Å². The summed E-state index contributed by atoms with van der Waals surface area (Å²) in [5, 5.41) is 1.65. The Labute approximate surface area is 99.2 Å². The average molecular weight is 290 g/mol. The Hall–Kier alpha value is -0.450. The number of aromatic nitrogens is 2. The van der Waals surface area contributed by atoms with Crippen molar-refractivity contribution in [3.8, 4) is 10.6 Å². The molecule has 5 heteroatoms. The quantitative estimate of drug-likeness (QED) is 0.795. The SMILES string of the molecule is Cc1cc(Cl)ccc1-c1nc(Br)ns1. The van der Waals surface area contributed by atoms with E-state index in [4.69, 9.17) is 11.6 Å². The van der Waals surface area contributed by atoms with E-state index in [0.717, 1.165) is 21.2 Å². The Morgan fingerprint density at radius 3 is 2.79 bits per heavy atom. The van der Waals surface area contributed by atoms with E-state index in [0.29, 0.717) is 4.73 Å². The van der Waals surface area contributed by atoms with Gasteiger partial charge in [0.15, 0.2) is 0 Å². The van der Waals surface area contributed by atoms with E-state index in [1.165, 1.54) is 11.5 Å². The fraction of sp³-hybridized carbons (Fsp3) is 0.111. The third kappa shape index (κ3) is 1.97. The van der Waals surface area contributed by atoms with Crippen LogP contribution < -0.4 is 0 Å². The van der Waals surface area contributed by atoms with Crippen LogP contribution in [0.25, 0.3) is 10.6 Å². The maximum atomic E-state index is 5.87. The molecule has 0 unspecified atom stereocenters. The minimum atomic E-state index is 0.631. The standard InChI is InChI=1S/C9H6BrClN2S/c1-5-4-6(11)2-3-7(5)8-12-9(10)13-14-8/h2-4H,1H3. The van der Waals surface area contributed by atoms with Crippen molar-refractivity contribution in [2.45, 2.75) is 6.92 Å². The third-order valence-corrected chi connectivity index (χ3v) is 3.39. The van der Waals surface area contributed by atoms with Crippen LogP contribution >= 0.6 is 39.1 Å². The van der Waals surface area contributed by atoms with Crippen molar-refractivity contribution >= 4 is 39.1 Å². The van der Waals surface area contributed by atoms with E-state index < -0.39 is 0 Å². The zero-order valence-electron chi connectivity index (χ0n) is 7.29. The van der Waals surface area contributed by atoms with Gasteiger partial charge in [0.25, 0.3) is 0 Å². The predicted octanol–water partition coefficient (Wildman–Crippen LogP) is 3.93. The van der Waals surface area contributed by atoms with Gasteiger partial charge < -0.3 is 0 Å². The van der Waals surface area contributed by atoms with Crippen molar-refractivity contribution in [2.24, 2.45) is 0 Å². The summed E-state index contributed by atoms with van der Waals surface area (Å²) in [5.74, 6) is 0. The first-order valence-electron chi connectivity index (χ1n) is 3.92. The first kappa shape index (κ1) is 10.1. The molecule has 0 spiro atoms. The van der Waals surface area contributed by atoms with Gasteiger partial charge in [0.05, 0.1) is 0 Å². The van der Waals surface area contributed by atoms with Gasteiger partial charge >= 0.3 is 0 Å². The van der Waals surface area contributed by atoms with Gasteiger partial charge in [-0.25, -0.2) is 4.98 Å². The highest BCUT2D eigenvalue weighted by atomic mass is 79.9. The molecule has 0 aliphatic rings. The van der Waals surface area contributed by atoms with Crippen LogP contribution in [0.4, 0.5) is 0 Å². The number of halogens is 2. The lowest BCUT2D eigenvalue weighted by Crippen LogP contribution is -1.81. The molecule has 1 heterocycles. The smallest absolute Gasteiger partial charge is 0.209 e. The van der Waals surface area contributed by atoms with Crippen LogP contribution in [0.1, 0.15) is 5.56 Å². The van der Waals surface area contributed by atoms with Gasteiger partial charge in [0.1, 0.15) is 5.01 Å². The van der Waals surface area contributed by atoms with Crippen LogP contribution in [0.3, 0.4) is 0 Å². The summed E-state index contributed by atoms with van der Waals surface area (Å²) in [5.41, 5.74) is 2.19.